The van der Waals surface area contributed by atoms with Crippen molar-refractivity contribution in [3.05, 3.63) is 0 Å². The predicted molar refractivity (Wildman–Crippen MR) is 63.9 cm³/mol. The summed E-state index contributed by atoms with van der Waals surface area (Å²) in [4.78, 5) is 4.13. The molecule has 0 aliphatic heterocycles. The van der Waals surface area contributed by atoms with Gasteiger partial charge in [0.1, 0.15) is 0 Å². The minimum absolute atomic E-state index is 0.375. The third kappa shape index (κ3) is 2.22. The first-order valence-electron chi connectivity index (χ1n) is 5.56. The van der Waals surface area contributed by atoms with Gasteiger partial charge in [-0.25, -0.2) is 0 Å². The molecular weight excluding hydrogens is 208 g/mol. The van der Waals surface area contributed by atoms with Crippen molar-refractivity contribution in [2.45, 2.75) is 39.2 Å². The lowest BCUT2D eigenvalue weighted by atomic mass is 9.94. The molecule has 0 spiro atoms. The van der Waals surface area contributed by atoms with Crippen molar-refractivity contribution in [2.24, 2.45) is 11.8 Å². The van der Waals surface area contributed by atoms with E-state index in [9.17, 15) is 0 Å². The van der Waals surface area contributed by atoms with E-state index in [-0.39, 0.29) is 0 Å². The molecule has 15 heavy (non-hydrogen) atoms. The summed E-state index contributed by atoms with van der Waals surface area (Å²) in [6.07, 6.45) is 3.83. The molecule has 4 nitrogen and oxygen atoms in total. The molecule has 1 saturated carbocycles. The number of nitrogens with zero attached hydrogens (tertiary/aromatic N) is 2. The Morgan fingerprint density at radius 1 is 1.53 bits per heavy atom. The van der Waals surface area contributed by atoms with E-state index in [1.54, 1.807) is 0 Å². The zero-order chi connectivity index (χ0) is 10.8. The number of nitrogen functional groups attached to an aromatic ring is 1. The second kappa shape index (κ2) is 4.35. The summed E-state index contributed by atoms with van der Waals surface area (Å²) in [6.45, 7) is 4.59. The normalized spacial score (nSPS) is 30.7. The van der Waals surface area contributed by atoms with Crippen LogP contribution in [0.3, 0.4) is 0 Å². The van der Waals surface area contributed by atoms with Gasteiger partial charge in [-0.3, -0.25) is 0 Å². The fourth-order valence-electron chi connectivity index (χ4n) is 2.48. The van der Waals surface area contributed by atoms with Crippen LogP contribution in [0.25, 0.3) is 0 Å². The van der Waals surface area contributed by atoms with Gasteiger partial charge in [-0.2, -0.15) is 9.36 Å². The topological polar surface area (TPSA) is 63.8 Å². The number of anilines is 2. The smallest absolute Gasteiger partial charge is 0.233 e. The predicted octanol–water partition coefficient (Wildman–Crippen LogP) is 2.36. The van der Waals surface area contributed by atoms with Gasteiger partial charge in [-0.05, 0) is 24.7 Å². The molecule has 0 saturated heterocycles. The van der Waals surface area contributed by atoms with Crippen LogP contribution < -0.4 is 11.1 Å². The van der Waals surface area contributed by atoms with Crippen molar-refractivity contribution >= 4 is 22.6 Å². The molecule has 1 aromatic rings. The zero-order valence-electron chi connectivity index (χ0n) is 9.23. The summed E-state index contributed by atoms with van der Waals surface area (Å²) in [5.74, 6) is 1.95. The van der Waals surface area contributed by atoms with Crippen molar-refractivity contribution in [1.29, 1.82) is 0 Å². The van der Waals surface area contributed by atoms with Gasteiger partial charge in [-0.1, -0.05) is 20.3 Å². The van der Waals surface area contributed by atoms with Gasteiger partial charge in [-0.15, -0.1) is 0 Å². The Morgan fingerprint density at radius 2 is 2.33 bits per heavy atom. The van der Waals surface area contributed by atoms with Crippen LogP contribution in [0.1, 0.15) is 33.1 Å². The van der Waals surface area contributed by atoms with Crippen LogP contribution in [-0.2, 0) is 0 Å². The van der Waals surface area contributed by atoms with Crippen LogP contribution in [0.5, 0.6) is 0 Å². The molecule has 1 fully saturated rings. The lowest BCUT2D eigenvalue weighted by molar-refractivity contribution is 0.392. The van der Waals surface area contributed by atoms with E-state index in [1.165, 1.54) is 30.8 Å². The van der Waals surface area contributed by atoms with E-state index in [2.05, 4.69) is 28.5 Å². The van der Waals surface area contributed by atoms with E-state index in [1.807, 2.05) is 0 Å². The molecule has 84 valence electrons. The van der Waals surface area contributed by atoms with Crippen LogP contribution in [0.2, 0.25) is 0 Å². The monoisotopic (exact) mass is 226 g/mol. The highest BCUT2D eigenvalue weighted by atomic mass is 32.1. The van der Waals surface area contributed by atoms with Crippen LogP contribution in [-0.4, -0.2) is 15.4 Å². The minimum Gasteiger partial charge on any atom is -0.367 e. The Bertz CT molecular complexity index is 325. The fraction of sp³-hybridized carbons (Fsp3) is 0.800. The molecule has 2 rings (SSSR count). The number of hydrogen-bond acceptors (Lipinski definition) is 5. The van der Waals surface area contributed by atoms with Gasteiger partial charge in [0.05, 0.1) is 0 Å². The van der Waals surface area contributed by atoms with E-state index in [0.717, 1.165) is 17.0 Å². The molecular formula is C10H18N4S. The van der Waals surface area contributed by atoms with Gasteiger partial charge in [0, 0.05) is 17.6 Å². The van der Waals surface area contributed by atoms with E-state index >= 15 is 0 Å². The summed E-state index contributed by atoms with van der Waals surface area (Å²) in [6, 6.07) is 0.544. The highest BCUT2D eigenvalue weighted by Crippen LogP contribution is 2.35. The van der Waals surface area contributed by atoms with Gasteiger partial charge >= 0.3 is 0 Å². The van der Waals surface area contributed by atoms with E-state index in [4.69, 9.17) is 5.73 Å². The second-order valence-electron chi connectivity index (χ2n) is 4.31. The summed E-state index contributed by atoms with van der Waals surface area (Å²) >= 11 is 1.35. The molecule has 3 N–H and O–H groups in total. The maximum absolute atomic E-state index is 5.49. The highest BCUT2D eigenvalue weighted by Gasteiger charge is 2.31. The number of nitrogens with one attached hydrogen (secondary N) is 1. The average Bonchev–Trinajstić information content (AvgIpc) is 2.76. The maximum atomic E-state index is 5.49. The van der Waals surface area contributed by atoms with Crippen LogP contribution in [0.4, 0.5) is 11.1 Å². The first kappa shape index (κ1) is 10.7. The van der Waals surface area contributed by atoms with Crippen molar-refractivity contribution in [3.63, 3.8) is 0 Å². The Kier molecular flexibility index (Phi) is 3.09. The van der Waals surface area contributed by atoms with Crippen LogP contribution in [0, 0.1) is 11.8 Å². The quantitative estimate of drug-likeness (QED) is 0.830. The van der Waals surface area contributed by atoms with Crippen molar-refractivity contribution in [1.82, 2.24) is 9.36 Å². The van der Waals surface area contributed by atoms with Crippen molar-refractivity contribution in [3.8, 4) is 0 Å². The Labute approximate surface area is 94.5 Å². The van der Waals surface area contributed by atoms with Crippen LogP contribution >= 0.6 is 11.5 Å². The molecule has 0 amide bonds. The van der Waals surface area contributed by atoms with Gasteiger partial charge < -0.3 is 11.1 Å². The molecule has 3 atom stereocenters. The summed E-state index contributed by atoms with van der Waals surface area (Å²) < 4.78 is 3.97. The van der Waals surface area contributed by atoms with Gasteiger partial charge in [0.15, 0.2) is 0 Å². The molecule has 0 aromatic carbocycles. The molecule has 1 aliphatic carbocycles. The van der Waals surface area contributed by atoms with Crippen LogP contribution in [0.15, 0.2) is 0 Å². The Hall–Kier alpha value is -0.840. The average molecular weight is 226 g/mol. The van der Waals surface area contributed by atoms with Crippen molar-refractivity contribution in [2.75, 3.05) is 11.1 Å². The summed E-state index contributed by atoms with van der Waals surface area (Å²) in [5.41, 5.74) is 5.49. The number of nitrogens with two attached hydrogens (primary N) is 1. The lowest BCUT2D eigenvalue weighted by Gasteiger charge is -2.20. The van der Waals surface area contributed by atoms with E-state index in [0.29, 0.717) is 12.0 Å². The first-order chi connectivity index (χ1) is 7.20. The Morgan fingerprint density at radius 3 is 2.87 bits per heavy atom. The van der Waals surface area contributed by atoms with Crippen molar-refractivity contribution < 1.29 is 0 Å². The first-order valence-corrected chi connectivity index (χ1v) is 6.33. The number of rotatable bonds is 3. The zero-order valence-corrected chi connectivity index (χ0v) is 10.0. The van der Waals surface area contributed by atoms with Gasteiger partial charge in [0.2, 0.25) is 11.1 Å². The lowest BCUT2D eigenvalue weighted by Crippen LogP contribution is -2.24. The maximum Gasteiger partial charge on any atom is 0.233 e. The SMILES string of the molecule is CCC1CCC(Nc2nc(N)ns2)C1C. The van der Waals surface area contributed by atoms with Gasteiger partial charge in [0.25, 0.3) is 0 Å². The fourth-order valence-corrected chi connectivity index (χ4v) is 3.04. The largest absolute Gasteiger partial charge is 0.367 e. The van der Waals surface area contributed by atoms with E-state index < -0.39 is 0 Å². The molecule has 1 heterocycles. The number of aromatic nitrogens is 2. The molecule has 0 bridgehead atoms. The highest BCUT2D eigenvalue weighted by molar-refractivity contribution is 7.09. The summed E-state index contributed by atoms with van der Waals surface area (Å²) in [5, 5.41) is 4.30. The Balaban J connectivity index is 1.96. The molecule has 1 aromatic heterocycles. The number of hydrogen-bond donors (Lipinski definition) is 2. The third-order valence-electron chi connectivity index (χ3n) is 3.50. The summed E-state index contributed by atoms with van der Waals surface area (Å²) in [7, 11) is 0. The molecule has 3 unspecified atom stereocenters. The third-order valence-corrected chi connectivity index (χ3v) is 4.16. The minimum atomic E-state index is 0.375. The standard InChI is InChI=1S/C10H18N4S/c1-3-7-4-5-8(6(7)2)12-10-13-9(11)14-15-10/h6-8H,3-5H2,1-2H3,(H3,11,12,13,14). The molecule has 0 radical (unpaired) electrons. The second-order valence-corrected chi connectivity index (χ2v) is 5.07. The molecule has 1 aliphatic rings. The molecule has 5 heteroatoms.